The van der Waals surface area contributed by atoms with E-state index in [1.54, 1.807) is 6.92 Å². The highest BCUT2D eigenvalue weighted by Gasteiger charge is 2.40. The van der Waals surface area contributed by atoms with E-state index in [1.165, 1.54) is 19.3 Å². The summed E-state index contributed by atoms with van der Waals surface area (Å²) >= 11 is 3.84. The fourth-order valence-corrected chi connectivity index (χ4v) is 5.40. The fourth-order valence-electron chi connectivity index (χ4n) is 4.59. The lowest BCUT2D eigenvalue weighted by Crippen LogP contribution is -2.39. The lowest BCUT2D eigenvalue weighted by atomic mass is 9.61. The van der Waals surface area contributed by atoms with E-state index >= 15 is 0 Å². The third-order valence-electron chi connectivity index (χ3n) is 5.95. The van der Waals surface area contributed by atoms with Crippen LogP contribution in [0.2, 0.25) is 0 Å². The zero-order valence-electron chi connectivity index (χ0n) is 12.9. The van der Waals surface area contributed by atoms with Crippen LogP contribution in [0.4, 0.5) is 0 Å². The van der Waals surface area contributed by atoms with Gasteiger partial charge in [-0.1, -0.05) is 36.7 Å². The van der Waals surface area contributed by atoms with Crippen LogP contribution in [0.25, 0.3) is 0 Å². The van der Waals surface area contributed by atoms with Gasteiger partial charge in [-0.25, -0.2) is 0 Å². The lowest BCUT2D eigenvalue weighted by Gasteiger charge is -2.45. The first kappa shape index (κ1) is 15.5. The van der Waals surface area contributed by atoms with Crippen LogP contribution in [-0.4, -0.2) is 10.6 Å². The molecule has 2 fully saturated rings. The van der Waals surface area contributed by atoms with E-state index in [0.717, 1.165) is 42.4 Å². The SMILES string of the molecule is CC(=O)C1CCC(C2CC(C)C(Br)CC2C)C(C)C1. The molecule has 19 heavy (non-hydrogen) atoms. The minimum atomic E-state index is 0.353. The van der Waals surface area contributed by atoms with Gasteiger partial charge in [0, 0.05) is 10.7 Å². The second kappa shape index (κ2) is 6.28. The summed E-state index contributed by atoms with van der Waals surface area (Å²) in [4.78, 5) is 12.3. The number of Topliss-reactive ketones (excluding diaryl/α,β-unsaturated/α-hetero) is 1. The molecule has 0 aromatic carbocycles. The van der Waals surface area contributed by atoms with Gasteiger partial charge in [-0.3, -0.25) is 4.79 Å². The first-order valence-electron chi connectivity index (χ1n) is 8.04. The monoisotopic (exact) mass is 328 g/mol. The van der Waals surface area contributed by atoms with Gasteiger partial charge in [-0.15, -0.1) is 0 Å². The first-order valence-corrected chi connectivity index (χ1v) is 8.96. The summed E-state index contributed by atoms with van der Waals surface area (Å²) in [6.45, 7) is 8.99. The maximum atomic E-state index is 11.6. The zero-order chi connectivity index (χ0) is 14.2. The molecule has 0 aliphatic heterocycles. The molecule has 7 atom stereocenters. The van der Waals surface area contributed by atoms with Gasteiger partial charge in [-0.05, 0) is 68.6 Å². The molecule has 0 radical (unpaired) electrons. The average Bonchev–Trinajstić information content (AvgIpc) is 2.34. The van der Waals surface area contributed by atoms with Gasteiger partial charge in [-0.2, -0.15) is 0 Å². The van der Waals surface area contributed by atoms with Crippen molar-refractivity contribution in [3.63, 3.8) is 0 Å². The van der Waals surface area contributed by atoms with Crippen molar-refractivity contribution < 1.29 is 4.79 Å². The highest BCUT2D eigenvalue weighted by Crippen LogP contribution is 2.48. The van der Waals surface area contributed by atoms with Crippen LogP contribution in [0.3, 0.4) is 0 Å². The normalized spacial score (nSPS) is 47.9. The van der Waals surface area contributed by atoms with E-state index in [9.17, 15) is 4.79 Å². The van der Waals surface area contributed by atoms with Crippen molar-refractivity contribution in [2.45, 2.75) is 64.6 Å². The number of hydrogen-bond donors (Lipinski definition) is 0. The van der Waals surface area contributed by atoms with E-state index < -0.39 is 0 Å². The van der Waals surface area contributed by atoms with Crippen molar-refractivity contribution in [1.29, 1.82) is 0 Å². The minimum absolute atomic E-state index is 0.353. The van der Waals surface area contributed by atoms with Gasteiger partial charge < -0.3 is 0 Å². The maximum absolute atomic E-state index is 11.6. The Balaban J connectivity index is 2.00. The number of ketones is 1. The predicted octanol–water partition coefficient (Wildman–Crippen LogP) is 5.07. The maximum Gasteiger partial charge on any atom is 0.132 e. The Hall–Kier alpha value is 0.150. The molecule has 0 bridgehead atoms. The molecule has 110 valence electrons. The summed E-state index contributed by atoms with van der Waals surface area (Å²) in [5, 5.41) is 0. The molecular weight excluding hydrogens is 300 g/mol. The molecule has 0 N–H and O–H groups in total. The van der Waals surface area contributed by atoms with E-state index in [0.29, 0.717) is 16.5 Å². The fraction of sp³-hybridized carbons (Fsp3) is 0.941. The molecule has 0 aromatic rings. The number of rotatable bonds is 2. The standard InChI is InChI=1S/C17H29BrO/c1-10-7-14(13(4)19)5-6-15(10)16-8-12(3)17(18)9-11(16)2/h10-12,14-17H,5-9H2,1-4H3. The Labute approximate surface area is 127 Å². The smallest absolute Gasteiger partial charge is 0.132 e. The summed E-state index contributed by atoms with van der Waals surface area (Å²) in [7, 11) is 0. The van der Waals surface area contributed by atoms with Crippen LogP contribution < -0.4 is 0 Å². The van der Waals surface area contributed by atoms with E-state index in [2.05, 4.69) is 36.7 Å². The van der Waals surface area contributed by atoms with Gasteiger partial charge in [0.2, 0.25) is 0 Å². The average molecular weight is 329 g/mol. The molecule has 2 rings (SSSR count). The second-order valence-corrected chi connectivity index (χ2v) is 8.54. The Morgan fingerprint density at radius 1 is 0.895 bits per heavy atom. The second-order valence-electron chi connectivity index (χ2n) is 7.37. The van der Waals surface area contributed by atoms with Crippen LogP contribution in [0, 0.1) is 35.5 Å². The molecule has 0 spiro atoms. The van der Waals surface area contributed by atoms with Gasteiger partial charge in [0.25, 0.3) is 0 Å². The van der Waals surface area contributed by atoms with Crippen LogP contribution in [0.1, 0.15) is 59.8 Å². The van der Waals surface area contributed by atoms with Gasteiger partial charge >= 0.3 is 0 Å². The van der Waals surface area contributed by atoms with Crippen LogP contribution in [-0.2, 0) is 4.79 Å². The molecule has 7 unspecified atom stereocenters. The van der Waals surface area contributed by atoms with Gasteiger partial charge in [0.1, 0.15) is 5.78 Å². The Bertz CT molecular complexity index is 327. The largest absolute Gasteiger partial charge is 0.300 e. The number of halogens is 1. The number of alkyl halides is 1. The van der Waals surface area contributed by atoms with Gasteiger partial charge in [0.05, 0.1) is 0 Å². The molecule has 2 aliphatic carbocycles. The van der Waals surface area contributed by atoms with Crippen molar-refractivity contribution in [2.24, 2.45) is 35.5 Å². The third-order valence-corrected chi connectivity index (χ3v) is 7.23. The van der Waals surface area contributed by atoms with E-state index in [4.69, 9.17) is 0 Å². The summed E-state index contributed by atoms with van der Waals surface area (Å²) in [6.07, 6.45) is 6.25. The zero-order valence-corrected chi connectivity index (χ0v) is 14.4. The van der Waals surface area contributed by atoms with Crippen molar-refractivity contribution in [3.05, 3.63) is 0 Å². The Morgan fingerprint density at radius 2 is 1.53 bits per heavy atom. The predicted molar refractivity (Wildman–Crippen MR) is 84.4 cm³/mol. The molecule has 2 saturated carbocycles. The van der Waals surface area contributed by atoms with E-state index in [1.807, 2.05) is 0 Å². The van der Waals surface area contributed by atoms with Crippen LogP contribution in [0.15, 0.2) is 0 Å². The molecule has 0 aromatic heterocycles. The molecule has 2 aliphatic rings. The molecule has 2 heteroatoms. The Kier molecular flexibility index (Phi) is 5.14. The number of carbonyl (C=O) groups excluding carboxylic acids is 1. The lowest BCUT2D eigenvalue weighted by molar-refractivity contribution is -0.123. The quantitative estimate of drug-likeness (QED) is 0.646. The minimum Gasteiger partial charge on any atom is -0.300 e. The molecular formula is C17H29BrO. The number of hydrogen-bond acceptors (Lipinski definition) is 1. The van der Waals surface area contributed by atoms with Crippen LogP contribution >= 0.6 is 15.9 Å². The summed E-state index contributed by atoms with van der Waals surface area (Å²) in [5.74, 6) is 4.87. The molecule has 0 heterocycles. The van der Waals surface area contributed by atoms with Crippen LogP contribution in [0.5, 0.6) is 0 Å². The summed E-state index contributed by atoms with van der Waals surface area (Å²) < 4.78 is 0. The topological polar surface area (TPSA) is 17.1 Å². The number of carbonyl (C=O) groups is 1. The van der Waals surface area contributed by atoms with Crippen molar-refractivity contribution in [2.75, 3.05) is 0 Å². The van der Waals surface area contributed by atoms with Gasteiger partial charge in [0.15, 0.2) is 0 Å². The third kappa shape index (κ3) is 3.43. The summed E-state index contributed by atoms with van der Waals surface area (Å²) in [5.41, 5.74) is 0. The Morgan fingerprint density at radius 3 is 2.11 bits per heavy atom. The highest BCUT2D eigenvalue weighted by atomic mass is 79.9. The van der Waals surface area contributed by atoms with Crippen molar-refractivity contribution >= 4 is 21.7 Å². The molecule has 1 nitrogen and oxygen atoms in total. The van der Waals surface area contributed by atoms with E-state index in [-0.39, 0.29) is 0 Å². The molecule has 0 saturated heterocycles. The first-order chi connectivity index (χ1) is 8.90. The van der Waals surface area contributed by atoms with Crippen molar-refractivity contribution in [3.8, 4) is 0 Å². The molecule has 0 amide bonds. The van der Waals surface area contributed by atoms with Crippen molar-refractivity contribution in [1.82, 2.24) is 0 Å². The highest BCUT2D eigenvalue weighted by molar-refractivity contribution is 9.09. The summed E-state index contributed by atoms with van der Waals surface area (Å²) in [6, 6.07) is 0.